The minimum atomic E-state index is -0.693. The Bertz CT molecular complexity index is 1270. The van der Waals surface area contributed by atoms with E-state index in [1.165, 1.54) is 6.26 Å². The van der Waals surface area contributed by atoms with E-state index in [2.05, 4.69) is 10.5 Å². The molecule has 198 valence electrons. The number of aliphatic imine (C=N–C) groups is 1. The lowest BCUT2D eigenvalue weighted by Gasteiger charge is -2.37. The third kappa shape index (κ3) is 5.98. The van der Waals surface area contributed by atoms with Gasteiger partial charge in [0.2, 0.25) is 11.9 Å². The van der Waals surface area contributed by atoms with Gasteiger partial charge in [-0.3, -0.25) is 14.5 Å². The van der Waals surface area contributed by atoms with Crippen LogP contribution in [0.15, 0.2) is 70.4 Å². The highest BCUT2D eigenvalue weighted by molar-refractivity contribution is 6.30. The van der Waals surface area contributed by atoms with Gasteiger partial charge in [0.05, 0.1) is 13.1 Å². The second kappa shape index (κ2) is 11.7. The van der Waals surface area contributed by atoms with Gasteiger partial charge in [0.25, 0.3) is 11.8 Å². The van der Waals surface area contributed by atoms with Gasteiger partial charge in [0.1, 0.15) is 18.1 Å². The van der Waals surface area contributed by atoms with E-state index < -0.39 is 6.04 Å². The van der Waals surface area contributed by atoms with Gasteiger partial charge in [-0.25, -0.2) is 4.99 Å². The zero-order chi connectivity index (χ0) is 26.5. The van der Waals surface area contributed by atoms with Gasteiger partial charge in [-0.1, -0.05) is 23.7 Å². The first-order chi connectivity index (χ1) is 18.5. The Balaban J connectivity index is 1.34. The Morgan fingerprint density at radius 1 is 1.13 bits per heavy atom. The van der Waals surface area contributed by atoms with Crippen molar-refractivity contribution in [2.45, 2.75) is 25.4 Å². The summed E-state index contributed by atoms with van der Waals surface area (Å²) in [6.45, 7) is 1.54. The van der Waals surface area contributed by atoms with E-state index in [0.29, 0.717) is 48.7 Å². The molecule has 0 spiro atoms. The maximum Gasteiger partial charge on any atom is 0.259 e. The molecule has 2 aromatic carbocycles. The van der Waals surface area contributed by atoms with Gasteiger partial charge in [-0.2, -0.15) is 0 Å². The molecule has 1 atom stereocenters. The zero-order valence-corrected chi connectivity index (χ0v) is 21.6. The van der Waals surface area contributed by atoms with Crippen molar-refractivity contribution in [3.63, 3.8) is 0 Å². The summed E-state index contributed by atoms with van der Waals surface area (Å²) >= 11 is 6.06. The monoisotopic (exact) mass is 537 g/mol. The van der Waals surface area contributed by atoms with Crippen LogP contribution in [-0.4, -0.2) is 65.6 Å². The Morgan fingerprint density at radius 3 is 2.55 bits per heavy atom. The first-order valence-electron chi connectivity index (χ1n) is 12.4. The fourth-order valence-electron chi connectivity index (χ4n) is 4.44. The van der Waals surface area contributed by atoms with Crippen LogP contribution in [0, 0.1) is 5.92 Å². The molecule has 1 unspecified atom stereocenters. The maximum atomic E-state index is 13.8. The summed E-state index contributed by atoms with van der Waals surface area (Å²) in [5.41, 5.74) is 1.60. The average molecular weight is 538 g/mol. The topological polar surface area (TPSA) is 110 Å². The maximum absolute atomic E-state index is 13.8. The van der Waals surface area contributed by atoms with Crippen molar-refractivity contribution >= 4 is 35.1 Å². The highest BCUT2D eigenvalue weighted by Crippen LogP contribution is 2.24. The van der Waals surface area contributed by atoms with Crippen LogP contribution >= 0.6 is 11.6 Å². The molecule has 1 saturated heterocycles. The second-order valence-electron chi connectivity index (χ2n) is 9.16. The van der Waals surface area contributed by atoms with E-state index in [1.807, 2.05) is 24.3 Å². The van der Waals surface area contributed by atoms with Crippen LogP contribution in [0.5, 0.6) is 11.6 Å². The molecule has 3 heterocycles. The lowest BCUT2D eigenvalue weighted by atomic mass is 9.97. The zero-order valence-electron chi connectivity index (χ0n) is 20.9. The Hall–Kier alpha value is -3.89. The van der Waals surface area contributed by atoms with Gasteiger partial charge in [-0.15, -0.1) is 0 Å². The number of hydrogen-bond donors (Lipinski definition) is 1. The first-order valence-corrected chi connectivity index (χ1v) is 12.8. The molecule has 2 amide bonds. The molecule has 0 aliphatic carbocycles. The predicted octanol–water partition coefficient (Wildman–Crippen LogP) is 4.18. The molecule has 2 aliphatic rings. The number of carbonyl (C=O) groups excluding carboxylic acids is 2. The number of guanidine groups is 1. The van der Waals surface area contributed by atoms with Crippen LogP contribution in [0.4, 0.5) is 5.69 Å². The molecule has 1 N–H and O–H groups in total. The molecule has 3 aromatic rings. The van der Waals surface area contributed by atoms with Gasteiger partial charge >= 0.3 is 0 Å². The average Bonchev–Trinajstić information content (AvgIpc) is 3.46. The predicted molar refractivity (Wildman–Crippen MR) is 141 cm³/mol. The smallest absolute Gasteiger partial charge is 0.259 e. The Morgan fingerprint density at radius 2 is 1.87 bits per heavy atom. The number of hydrogen-bond acceptors (Lipinski definition) is 8. The van der Waals surface area contributed by atoms with Gasteiger partial charge < -0.3 is 24.2 Å². The van der Waals surface area contributed by atoms with Gasteiger partial charge in [0.15, 0.2) is 0 Å². The van der Waals surface area contributed by atoms with Crippen molar-refractivity contribution in [1.82, 2.24) is 15.0 Å². The van der Waals surface area contributed by atoms with E-state index in [4.69, 9.17) is 30.6 Å². The molecule has 10 nitrogen and oxygen atoms in total. The van der Waals surface area contributed by atoms with Crippen molar-refractivity contribution in [1.29, 1.82) is 0 Å². The van der Waals surface area contributed by atoms with Crippen LogP contribution < -0.4 is 10.1 Å². The molecule has 38 heavy (non-hydrogen) atoms. The standard InChI is InChI=1S/C27H28ClN5O5/c1-32(25(34)19-10-13-36-14-11-19)23-16-29-27(33(26(23)35)17-18-2-4-20(28)5-3-18)30-21-6-8-22(9-7-21)38-24-12-15-37-31-24/h2-9,12,15,19,23H,10-11,13-14,16-17H2,1H3,(H,29,30). The summed E-state index contributed by atoms with van der Waals surface area (Å²) in [7, 11) is 1.68. The normalized spacial score (nSPS) is 18.2. The summed E-state index contributed by atoms with van der Waals surface area (Å²) < 4.78 is 15.8. The molecule has 1 aromatic heterocycles. The largest absolute Gasteiger partial charge is 0.436 e. The fourth-order valence-corrected chi connectivity index (χ4v) is 4.56. The Labute approximate surface area is 225 Å². The van der Waals surface area contributed by atoms with Crippen molar-refractivity contribution in [3.8, 4) is 11.6 Å². The minimum absolute atomic E-state index is 0.0487. The van der Waals surface area contributed by atoms with Crippen LogP contribution in [-0.2, 0) is 20.9 Å². The van der Waals surface area contributed by atoms with Gasteiger partial charge in [-0.05, 0) is 60.0 Å². The van der Waals surface area contributed by atoms with Crippen LogP contribution in [0.25, 0.3) is 0 Å². The number of aromatic nitrogens is 1. The second-order valence-corrected chi connectivity index (χ2v) is 9.59. The number of ether oxygens (including phenoxy) is 2. The summed E-state index contributed by atoms with van der Waals surface area (Å²) in [5, 5.41) is 7.60. The lowest BCUT2D eigenvalue weighted by Crippen LogP contribution is -2.57. The van der Waals surface area contributed by atoms with Crippen LogP contribution in [0.1, 0.15) is 18.4 Å². The van der Waals surface area contributed by atoms with E-state index in [9.17, 15) is 9.59 Å². The first kappa shape index (κ1) is 25.7. The molecule has 1 fully saturated rings. The number of benzene rings is 2. The fraction of sp³-hybridized carbons (Fsp3) is 0.333. The third-order valence-electron chi connectivity index (χ3n) is 6.61. The SMILES string of the molecule is CN(C(=O)C1CCOCC1)C1CN=C(Nc2ccc(Oc3ccon3)cc2)N(Cc2ccc(Cl)cc2)C1=O. The molecular weight excluding hydrogens is 510 g/mol. The van der Waals surface area contributed by atoms with E-state index in [0.717, 1.165) is 11.3 Å². The highest BCUT2D eigenvalue weighted by Gasteiger charge is 2.38. The number of likely N-dealkylation sites (N-methyl/N-ethyl adjacent to an activating group) is 1. The molecule has 11 heteroatoms. The number of nitrogens with one attached hydrogen (secondary N) is 1. The number of nitrogens with zero attached hydrogens (tertiary/aromatic N) is 4. The molecular formula is C27H28ClN5O5. The molecule has 0 bridgehead atoms. The van der Waals surface area contributed by atoms with Crippen molar-refractivity contribution in [2.24, 2.45) is 10.9 Å². The van der Waals surface area contributed by atoms with Crippen molar-refractivity contribution in [2.75, 3.05) is 32.1 Å². The summed E-state index contributed by atoms with van der Waals surface area (Å²) in [6, 6.07) is 15.4. The number of rotatable bonds is 7. The van der Waals surface area contributed by atoms with Crippen LogP contribution in [0.2, 0.25) is 5.02 Å². The molecule has 0 radical (unpaired) electrons. The quantitative estimate of drug-likeness (QED) is 0.481. The molecule has 0 saturated carbocycles. The summed E-state index contributed by atoms with van der Waals surface area (Å²) in [4.78, 5) is 34.8. The van der Waals surface area contributed by atoms with Crippen molar-refractivity contribution in [3.05, 3.63) is 71.4 Å². The van der Waals surface area contributed by atoms with E-state index in [1.54, 1.807) is 47.2 Å². The van der Waals surface area contributed by atoms with Gasteiger partial charge in [0, 0.05) is 43.0 Å². The number of carbonyl (C=O) groups is 2. The van der Waals surface area contributed by atoms with Crippen LogP contribution in [0.3, 0.4) is 0 Å². The number of amides is 2. The third-order valence-corrected chi connectivity index (χ3v) is 6.86. The molecule has 2 aliphatic heterocycles. The Kier molecular flexibility index (Phi) is 7.90. The van der Waals surface area contributed by atoms with E-state index >= 15 is 0 Å². The lowest BCUT2D eigenvalue weighted by molar-refractivity contribution is -0.146. The number of anilines is 1. The summed E-state index contributed by atoms with van der Waals surface area (Å²) in [5.74, 6) is 0.940. The summed E-state index contributed by atoms with van der Waals surface area (Å²) in [6.07, 6.45) is 2.75. The molecule has 5 rings (SSSR count). The van der Waals surface area contributed by atoms with E-state index in [-0.39, 0.29) is 30.8 Å². The minimum Gasteiger partial charge on any atom is -0.436 e. The highest BCUT2D eigenvalue weighted by atomic mass is 35.5. The van der Waals surface area contributed by atoms with Crippen molar-refractivity contribution < 1.29 is 23.6 Å². The number of halogens is 1.